The van der Waals surface area contributed by atoms with Gasteiger partial charge in [-0.25, -0.2) is 4.39 Å². The van der Waals surface area contributed by atoms with Crippen molar-refractivity contribution >= 4 is 5.91 Å². The average Bonchev–Trinajstić information content (AvgIpc) is 2.89. The van der Waals surface area contributed by atoms with Gasteiger partial charge in [-0.1, -0.05) is 30.7 Å². The van der Waals surface area contributed by atoms with E-state index in [2.05, 4.69) is 0 Å². The Hall–Kier alpha value is -2.36. The molecule has 1 fully saturated rings. The van der Waals surface area contributed by atoms with Crippen molar-refractivity contribution in [2.75, 3.05) is 20.2 Å². The van der Waals surface area contributed by atoms with E-state index in [0.29, 0.717) is 13.0 Å². The predicted molar refractivity (Wildman–Crippen MR) is 96.3 cm³/mol. The van der Waals surface area contributed by atoms with Crippen LogP contribution in [0.25, 0.3) is 0 Å². The van der Waals surface area contributed by atoms with Crippen LogP contribution in [0, 0.1) is 5.82 Å². The van der Waals surface area contributed by atoms with Crippen LogP contribution in [0.4, 0.5) is 4.39 Å². The van der Waals surface area contributed by atoms with Gasteiger partial charge in [-0.05, 0) is 48.2 Å². The Bertz CT molecular complexity index is 697. The van der Waals surface area contributed by atoms with Crippen LogP contribution in [-0.4, -0.2) is 31.0 Å². The van der Waals surface area contributed by atoms with Gasteiger partial charge in [0, 0.05) is 19.0 Å². The molecule has 3 rings (SSSR count). The Morgan fingerprint density at radius 2 is 1.84 bits per heavy atom. The Morgan fingerprint density at radius 1 is 1.12 bits per heavy atom. The zero-order chi connectivity index (χ0) is 17.6. The number of amides is 1. The molecule has 0 saturated carbocycles. The van der Waals surface area contributed by atoms with Gasteiger partial charge in [-0.3, -0.25) is 4.79 Å². The molecule has 0 radical (unpaired) electrons. The zero-order valence-electron chi connectivity index (χ0n) is 14.6. The largest absolute Gasteiger partial charge is 0.497 e. The highest BCUT2D eigenvalue weighted by Crippen LogP contribution is 2.27. The molecule has 1 aliphatic heterocycles. The summed E-state index contributed by atoms with van der Waals surface area (Å²) in [6.45, 7) is 1.51. The summed E-state index contributed by atoms with van der Waals surface area (Å²) in [4.78, 5) is 14.7. The normalized spacial score (nSPS) is 17.8. The number of likely N-dealkylation sites (tertiary alicyclic amines) is 1. The molecule has 4 heteroatoms. The maximum atomic E-state index is 13.2. The van der Waals surface area contributed by atoms with Crippen LogP contribution in [0.15, 0.2) is 48.5 Å². The quantitative estimate of drug-likeness (QED) is 0.835. The van der Waals surface area contributed by atoms with Crippen molar-refractivity contribution < 1.29 is 13.9 Å². The van der Waals surface area contributed by atoms with E-state index in [1.54, 1.807) is 7.11 Å². The molecule has 1 atom stereocenters. The monoisotopic (exact) mass is 341 g/mol. The lowest BCUT2D eigenvalue weighted by molar-refractivity contribution is -0.130. The fraction of sp³-hybridized carbons (Fsp3) is 0.381. The lowest BCUT2D eigenvalue weighted by Crippen LogP contribution is -2.35. The fourth-order valence-corrected chi connectivity index (χ4v) is 3.41. The summed E-state index contributed by atoms with van der Waals surface area (Å²) in [6, 6.07) is 14.3. The third-order valence-electron chi connectivity index (χ3n) is 4.88. The van der Waals surface area contributed by atoms with Gasteiger partial charge in [0.25, 0.3) is 0 Å². The van der Waals surface area contributed by atoms with Crippen LogP contribution in [-0.2, 0) is 11.2 Å². The summed E-state index contributed by atoms with van der Waals surface area (Å²) >= 11 is 0. The van der Waals surface area contributed by atoms with Crippen molar-refractivity contribution in [2.24, 2.45) is 0 Å². The van der Waals surface area contributed by atoms with Crippen LogP contribution in [0.3, 0.4) is 0 Å². The Morgan fingerprint density at radius 3 is 2.52 bits per heavy atom. The highest BCUT2D eigenvalue weighted by atomic mass is 19.1. The third kappa shape index (κ3) is 4.59. The molecule has 0 aliphatic carbocycles. The number of carbonyl (C=O) groups is 1. The summed E-state index contributed by atoms with van der Waals surface area (Å²) in [5.41, 5.74) is 2.11. The van der Waals surface area contributed by atoms with Gasteiger partial charge in [-0.15, -0.1) is 0 Å². The number of carbonyl (C=O) groups excluding carboxylic acids is 1. The molecule has 1 saturated heterocycles. The van der Waals surface area contributed by atoms with Crippen molar-refractivity contribution in [3.8, 4) is 5.75 Å². The first kappa shape index (κ1) is 17.5. The number of halogens is 1. The summed E-state index contributed by atoms with van der Waals surface area (Å²) in [5, 5.41) is 0. The Kier molecular flexibility index (Phi) is 5.69. The van der Waals surface area contributed by atoms with Crippen LogP contribution >= 0.6 is 0 Å². The van der Waals surface area contributed by atoms with Crippen molar-refractivity contribution in [3.63, 3.8) is 0 Å². The van der Waals surface area contributed by atoms with Crippen molar-refractivity contribution in [1.29, 1.82) is 0 Å². The van der Waals surface area contributed by atoms with Crippen molar-refractivity contribution in [2.45, 2.75) is 31.6 Å². The number of hydrogen-bond donors (Lipinski definition) is 0. The van der Waals surface area contributed by atoms with Crippen LogP contribution in [0.2, 0.25) is 0 Å². The zero-order valence-corrected chi connectivity index (χ0v) is 14.6. The van der Waals surface area contributed by atoms with E-state index in [-0.39, 0.29) is 17.6 Å². The van der Waals surface area contributed by atoms with Crippen LogP contribution < -0.4 is 4.74 Å². The standard InChI is InChI=1S/C21H24FNO2/c1-25-20-11-5-16(6-12-20)14-21(24)23-13-3-2-4-18(15-23)17-7-9-19(22)10-8-17/h5-12,18H,2-4,13-15H2,1H3. The minimum Gasteiger partial charge on any atom is -0.497 e. The summed E-state index contributed by atoms with van der Waals surface area (Å²) in [6.07, 6.45) is 3.55. The second-order valence-electron chi connectivity index (χ2n) is 6.61. The maximum absolute atomic E-state index is 13.2. The van der Waals surface area contributed by atoms with Gasteiger partial charge in [0.05, 0.1) is 13.5 Å². The minimum atomic E-state index is -0.218. The molecule has 25 heavy (non-hydrogen) atoms. The van der Waals surface area contributed by atoms with Crippen LogP contribution in [0.5, 0.6) is 5.75 Å². The number of rotatable bonds is 4. The van der Waals surface area contributed by atoms with Gasteiger partial charge in [0.15, 0.2) is 0 Å². The van der Waals surface area contributed by atoms with E-state index in [1.807, 2.05) is 41.3 Å². The molecule has 0 bridgehead atoms. The first-order valence-electron chi connectivity index (χ1n) is 8.82. The second-order valence-corrected chi connectivity index (χ2v) is 6.61. The molecule has 0 N–H and O–H groups in total. The lowest BCUT2D eigenvalue weighted by atomic mass is 9.94. The first-order valence-corrected chi connectivity index (χ1v) is 8.82. The average molecular weight is 341 g/mol. The highest BCUT2D eigenvalue weighted by Gasteiger charge is 2.23. The molecule has 2 aromatic rings. The molecule has 1 heterocycles. The number of nitrogens with zero attached hydrogens (tertiary/aromatic N) is 1. The van der Waals surface area contributed by atoms with Gasteiger partial charge in [0.2, 0.25) is 5.91 Å². The topological polar surface area (TPSA) is 29.5 Å². The molecule has 1 aliphatic rings. The number of ether oxygens (including phenoxy) is 1. The van der Waals surface area contributed by atoms with Crippen molar-refractivity contribution in [3.05, 3.63) is 65.5 Å². The highest BCUT2D eigenvalue weighted by molar-refractivity contribution is 5.79. The number of benzene rings is 2. The SMILES string of the molecule is COc1ccc(CC(=O)N2CCCCC(c3ccc(F)cc3)C2)cc1. The van der Waals surface area contributed by atoms with Gasteiger partial charge in [-0.2, -0.15) is 0 Å². The van der Waals surface area contributed by atoms with E-state index in [9.17, 15) is 9.18 Å². The molecule has 3 nitrogen and oxygen atoms in total. The van der Waals surface area contributed by atoms with E-state index < -0.39 is 0 Å². The van der Waals surface area contributed by atoms with Crippen LogP contribution in [0.1, 0.15) is 36.3 Å². The second kappa shape index (κ2) is 8.15. The molecular weight excluding hydrogens is 317 g/mol. The van der Waals surface area contributed by atoms with E-state index in [4.69, 9.17) is 4.74 Å². The number of methoxy groups -OCH3 is 1. The molecular formula is C21H24FNO2. The minimum absolute atomic E-state index is 0.152. The molecule has 132 valence electrons. The third-order valence-corrected chi connectivity index (χ3v) is 4.88. The summed E-state index contributed by atoms with van der Waals surface area (Å²) in [5.74, 6) is 1.01. The Balaban J connectivity index is 1.67. The summed E-state index contributed by atoms with van der Waals surface area (Å²) < 4.78 is 18.3. The van der Waals surface area contributed by atoms with E-state index >= 15 is 0 Å². The van der Waals surface area contributed by atoms with Gasteiger partial charge in [0.1, 0.15) is 11.6 Å². The van der Waals surface area contributed by atoms with Gasteiger partial charge >= 0.3 is 0 Å². The molecule has 1 amide bonds. The molecule has 0 aromatic heterocycles. The summed E-state index contributed by atoms with van der Waals surface area (Å²) in [7, 11) is 1.63. The molecule has 1 unspecified atom stereocenters. The lowest BCUT2D eigenvalue weighted by Gasteiger charge is -2.25. The smallest absolute Gasteiger partial charge is 0.227 e. The molecule has 0 spiro atoms. The maximum Gasteiger partial charge on any atom is 0.227 e. The predicted octanol–water partition coefficient (Wildman–Crippen LogP) is 4.17. The van der Waals surface area contributed by atoms with Gasteiger partial charge < -0.3 is 9.64 Å². The number of hydrogen-bond acceptors (Lipinski definition) is 2. The van der Waals surface area contributed by atoms with E-state index in [1.165, 1.54) is 12.1 Å². The van der Waals surface area contributed by atoms with E-state index in [0.717, 1.165) is 42.7 Å². The first-order chi connectivity index (χ1) is 12.2. The Labute approximate surface area is 148 Å². The molecule has 2 aromatic carbocycles. The van der Waals surface area contributed by atoms with Crippen molar-refractivity contribution in [1.82, 2.24) is 4.90 Å². The fourth-order valence-electron chi connectivity index (χ4n) is 3.41.